The molecule has 18 heavy (non-hydrogen) atoms. The number of fused-ring (bicyclic) bond motifs is 4. The van der Waals surface area contributed by atoms with E-state index in [-0.39, 0.29) is 5.41 Å². The normalized spacial score (nSPS) is 21.6. The van der Waals surface area contributed by atoms with E-state index in [1.54, 1.807) is 0 Å². The van der Waals surface area contributed by atoms with Gasteiger partial charge in [0.05, 0.1) is 16.4 Å². The molecule has 4 rings (SSSR count). The van der Waals surface area contributed by atoms with Gasteiger partial charge in [-0.2, -0.15) is 0 Å². The molecule has 0 amide bonds. The summed E-state index contributed by atoms with van der Waals surface area (Å²) in [5.74, 6) is 0. The Bertz CT molecular complexity index is 614. The van der Waals surface area contributed by atoms with Crippen LogP contribution in [0.1, 0.15) is 30.7 Å². The molecule has 2 aliphatic rings. The highest BCUT2D eigenvalue weighted by Crippen LogP contribution is 2.46. The lowest BCUT2D eigenvalue weighted by molar-refractivity contribution is 0.0490. The first-order valence-corrected chi connectivity index (χ1v) is 6.92. The van der Waals surface area contributed by atoms with Gasteiger partial charge in [0.25, 0.3) is 0 Å². The number of halogens is 1. The zero-order valence-electron chi connectivity index (χ0n) is 10.2. The molecular weight excluding hydrogens is 248 g/mol. The summed E-state index contributed by atoms with van der Waals surface area (Å²) in [5, 5.41) is 0.745. The van der Waals surface area contributed by atoms with E-state index < -0.39 is 0 Å². The number of pyridine rings is 1. The van der Waals surface area contributed by atoms with Gasteiger partial charge < -0.3 is 9.14 Å². The van der Waals surface area contributed by atoms with Crippen LogP contribution in [-0.2, 0) is 16.6 Å². The van der Waals surface area contributed by atoms with Gasteiger partial charge in [-0.15, -0.1) is 0 Å². The van der Waals surface area contributed by atoms with Crippen molar-refractivity contribution in [3.05, 3.63) is 34.7 Å². The second kappa shape index (κ2) is 3.72. The molecule has 1 spiro atoms. The van der Waals surface area contributed by atoms with Crippen molar-refractivity contribution in [2.45, 2.75) is 31.1 Å². The van der Waals surface area contributed by atoms with E-state index in [4.69, 9.17) is 21.3 Å². The minimum atomic E-state index is 0.275. The van der Waals surface area contributed by atoms with Crippen LogP contribution in [0.25, 0.3) is 5.65 Å². The summed E-state index contributed by atoms with van der Waals surface area (Å²) in [6, 6.07) is 3.92. The molecule has 2 aromatic rings. The highest BCUT2D eigenvalue weighted by Gasteiger charge is 2.43. The van der Waals surface area contributed by atoms with E-state index in [0.717, 1.165) is 43.1 Å². The summed E-state index contributed by atoms with van der Waals surface area (Å²) in [5.41, 5.74) is 3.82. The maximum absolute atomic E-state index is 6.24. The Morgan fingerprint density at radius 3 is 2.94 bits per heavy atom. The number of hydrogen-bond donors (Lipinski definition) is 0. The molecule has 1 saturated heterocycles. The number of ether oxygens (including phenoxy) is 1. The largest absolute Gasteiger partial charge is 0.381 e. The highest BCUT2D eigenvalue weighted by molar-refractivity contribution is 6.33. The number of hydrogen-bond acceptors (Lipinski definition) is 2. The standard InChI is InChI=1S/C14H15ClN2O/c15-10-2-1-7-17-12-11(16-13(10)17)3-4-14(12)5-8-18-9-6-14/h1-2,7H,3-6,8-9H2. The van der Waals surface area contributed by atoms with Gasteiger partial charge in [0, 0.05) is 24.8 Å². The Morgan fingerprint density at radius 1 is 1.28 bits per heavy atom. The van der Waals surface area contributed by atoms with Crippen molar-refractivity contribution in [3.8, 4) is 0 Å². The Morgan fingerprint density at radius 2 is 2.11 bits per heavy atom. The Balaban J connectivity index is 1.97. The molecule has 0 radical (unpaired) electrons. The van der Waals surface area contributed by atoms with Crippen LogP contribution in [0.15, 0.2) is 18.3 Å². The smallest absolute Gasteiger partial charge is 0.156 e. The van der Waals surface area contributed by atoms with Crippen LogP contribution >= 0.6 is 11.6 Å². The molecule has 0 atom stereocenters. The topological polar surface area (TPSA) is 26.5 Å². The molecule has 3 heterocycles. The van der Waals surface area contributed by atoms with E-state index in [9.17, 15) is 0 Å². The van der Waals surface area contributed by atoms with Gasteiger partial charge in [-0.05, 0) is 37.8 Å². The first kappa shape index (κ1) is 10.8. The number of imidazole rings is 1. The lowest BCUT2D eigenvalue weighted by Crippen LogP contribution is -2.32. The average Bonchev–Trinajstić information content (AvgIpc) is 2.92. The summed E-state index contributed by atoms with van der Waals surface area (Å²) in [7, 11) is 0. The Hall–Kier alpha value is -1.06. The molecule has 0 unspecified atom stereocenters. The summed E-state index contributed by atoms with van der Waals surface area (Å²) in [6.45, 7) is 1.74. The minimum absolute atomic E-state index is 0.275. The lowest BCUT2D eigenvalue weighted by atomic mass is 9.78. The van der Waals surface area contributed by atoms with Gasteiger partial charge in [0.1, 0.15) is 0 Å². The quantitative estimate of drug-likeness (QED) is 0.730. The third kappa shape index (κ3) is 1.32. The van der Waals surface area contributed by atoms with Gasteiger partial charge in [0.2, 0.25) is 0 Å². The van der Waals surface area contributed by atoms with Crippen LogP contribution < -0.4 is 0 Å². The predicted octanol–water partition coefficient (Wildman–Crippen LogP) is 2.98. The molecule has 0 saturated carbocycles. The molecule has 1 aliphatic heterocycles. The van der Waals surface area contributed by atoms with Gasteiger partial charge >= 0.3 is 0 Å². The van der Waals surface area contributed by atoms with Crippen molar-refractivity contribution in [1.29, 1.82) is 0 Å². The first-order valence-electron chi connectivity index (χ1n) is 6.54. The van der Waals surface area contributed by atoms with Crippen molar-refractivity contribution in [2.24, 2.45) is 0 Å². The number of rotatable bonds is 0. The highest BCUT2D eigenvalue weighted by atomic mass is 35.5. The van der Waals surface area contributed by atoms with Gasteiger partial charge in [-0.1, -0.05) is 11.6 Å². The summed E-state index contributed by atoms with van der Waals surface area (Å²) in [4.78, 5) is 4.73. The zero-order chi connectivity index (χ0) is 12.2. The van der Waals surface area contributed by atoms with Gasteiger partial charge in [0.15, 0.2) is 5.65 Å². The van der Waals surface area contributed by atoms with Crippen LogP contribution in [-0.4, -0.2) is 22.6 Å². The van der Waals surface area contributed by atoms with Crippen molar-refractivity contribution in [1.82, 2.24) is 9.38 Å². The molecule has 0 aromatic carbocycles. The van der Waals surface area contributed by atoms with E-state index in [2.05, 4.69) is 10.6 Å². The van der Waals surface area contributed by atoms with Gasteiger partial charge in [-0.3, -0.25) is 0 Å². The van der Waals surface area contributed by atoms with Crippen LogP contribution in [0.5, 0.6) is 0 Å². The molecule has 94 valence electrons. The summed E-state index contributed by atoms with van der Waals surface area (Å²) < 4.78 is 7.73. The molecular formula is C14H15ClN2O. The molecule has 4 heteroatoms. The van der Waals surface area contributed by atoms with E-state index in [1.165, 1.54) is 17.8 Å². The second-order valence-electron chi connectivity index (χ2n) is 5.35. The van der Waals surface area contributed by atoms with Crippen LogP contribution in [0.2, 0.25) is 5.02 Å². The van der Waals surface area contributed by atoms with Crippen LogP contribution in [0.3, 0.4) is 0 Å². The van der Waals surface area contributed by atoms with E-state index in [1.807, 2.05) is 12.1 Å². The number of aromatic nitrogens is 2. The van der Waals surface area contributed by atoms with Crippen molar-refractivity contribution < 1.29 is 4.74 Å². The SMILES string of the molecule is Clc1cccn2c3c(nc12)CCC31CCOCC1. The zero-order valence-corrected chi connectivity index (χ0v) is 10.9. The van der Waals surface area contributed by atoms with Crippen LogP contribution in [0.4, 0.5) is 0 Å². The maximum atomic E-state index is 6.24. The molecule has 1 aliphatic carbocycles. The Labute approximate surface area is 111 Å². The molecule has 1 fully saturated rings. The third-order valence-electron chi connectivity index (χ3n) is 4.47. The minimum Gasteiger partial charge on any atom is -0.381 e. The molecule has 0 bridgehead atoms. The fraction of sp³-hybridized carbons (Fsp3) is 0.500. The van der Waals surface area contributed by atoms with E-state index in [0.29, 0.717) is 0 Å². The Kier molecular flexibility index (Phi) is 2.24. The third-order valence-corrected chi connectivity index (χ3v) is 4.76. The second-order valence-corrected chi connectivity index (χ2v) is 5.76. The number of nitrogens with zero attached hydrogens (tertiary/aromatic N) is 2. The van der Waals surface area contributed by atoms with Crippen molar-refractivity contribution >= 4 is 17.2 Å². The molecule has 3 nitrogen and oxygen atoms in total. The lowest BCUT2D eigenvalue weighted by Gasteiger charge is -2.33. The monoisotopic (exact) mass is 262 g/mol. The van der Waals surface area contributed by atoms with E-state index >= 15 is 0 Å². The number of aryl methyl sites for hydroxylation is 1. The fourth-order valence-corrected chi connectivity index (χ4v) is 3.75. The average molecular weight is 263 g/mol. The summed E-state index contributed by atoms with van der Waals surface area (Å²) >= 11 is 6.24. The maximum Gasteiger partial charge on any atom is 0.156 e. The molecule has 0 N–H and O–H groups in total. The van der Waals surface area contributed by atoms with Crippen molar-refractivity contribution in [3.63, 3.8) is 0 Å². The first-order chi connectivity index (χ1) is 8.80. The van der Waals surface area contributed by atoms with Crippen LogP contribution in [0, 0.1) is 0 Å². The fourth-order valence-electron chi connectivity index (χ4n) is 3.54. The molecule has 2 aromatic heterocycles. The summed E-state index contributed by atoms with van der Waals surface area (Å²) in [6.07, 6.45) is 6.60. The van der Waals surface area contributed by atoms with Gasteiger partial charge in [-0.25, -0.2) is 4.98 Å². The predicted molar refractivity (Wildman–Crippen MR) is 70.3 cm³/mol. The van der Waals surface area contributed by atoms with Crippen molar-refractivity contribution in [2.75, 3.05) is 13.2 Å².